The lowest BCUT2D eigenvalue weighted by Gasteiger charge is -2.01. The summed E-state index contributed by atoms with van der Waals surface area (Å²) in [6, 6.07) is 15.1. The van der Waals surface area contributed by atoms with Crippen LogP contribution in [0.4, 0.5) is 5.69 Å². The lowest BCUT2D eigenvalue weighted by atomic mass is 10.1. The van der Waals surface area contributed by atoms with Gasteiger partial charge in [0.1, 0.15) is 0 Å². The van der Waals surface area contributed by atoms with Crippen LogP contribution in [0.2, 0.25) is 10.0 Å². The minimum absolute atomic E-state index is 0.716. The number of hydrogen-bond donors (Lipinski definition) is 0. The predicted molar refractivity (Wildman–Crippen MR) is 74.8 cm³/mol. The van der Waals surface area contributed by atoms with Crippen LogP contribution in [0, 0.1) is 0 Å². The Labute approximate surface area is 111 Å². The largest absolute Gasteiger partial charge is 0.253 e. The molecule has 0 aliphatic heterocycles. The molecule has 0 N–H and O–H groups in total. The fraction of sp³-hybridized carbons (Fsp3) is 0.0714. The Morgan fingerprint density at radius 3 is 1.82 bits per heavy atom. The van der Waals surface area contributed by atoms with Crippen molar-refractivity contribution in [3.05, 3.63) is 64.1 Å². The van der Waals surface area contributed by atoms with E-state index in [1.165, 1.54) is 0 Å². The molecule has 0 aromatic heterocycles. The summed E-state index contributed by atoms with van der Waals surface area (Å²) < 4.78 is 0. The maximum atomic E-state index is 5.84. The van der Waals surface area contributed by atoms with Crippen molar-refractivity contribution in [3.8, 4) is 0 Å². The van der Waals surface area contributed by atoms with Crippen LogP contribution in [0.3, 0.4) is 0 Å². The Balaban J connectivity index is 2.27. The van der Waals surface area contributed by atoms with Crippen molar-refractivity contribution in [2.75, 3.05) is 0 Å². The summed E-state index contributed by atoms with van der Waals surface area (Å²) in [7, 11) is 0. The first-order valence-corrected chi connectivity index (χ1v) is 5.97. The molecule has 1 nitrogen and oxygen atoms in total. The van der Waals surface area contributed by atoms with Crippen LogP contribution in [0.15, 0.2) is 53.5 Å². The number of halogens is 2. The third-order valence-corrected chi connectivity index (χ3v) is 2.89. The number of nitrogens with zero attached hydrogens (tertiary/aromatic N) is 1. The molecule has 0 spiro atoms. The highest BCUT2D eigenvalue weighted by Crippen LogP contribution is 2.18. The Bertz CT molecular complexity index is 527. The molecule has 2 aromatic rings. The Morgan fingerprint density at radius 1 is 0.824 bits per heavy atom. The molecule has 0 bridgehead atoms. The van der Waals surface area contributed by atoms with Crippen LogP contribution >= 0.6 is 23.2 Å². The molecular formula is C14H11Cl2N. The molecule has 0 atom stereocenters. The second-order valence-corrected chi connectivity index (χ2v) is 4.55. The molecule has 0 aliphatic rings. The average Bonchev–Trinajstić information content (AvgIpc) is 2.33. The number of benzene rings is 2. The lowest BCUT2D eigenvalue weighted by molar-refractivity contribution is 1.47. The summed E-state index contributed by atoms with van der Waals surface area (Å²) in [5.41, 5.74) is 2.90. The van der Waals surface area contributed by atoms with Crippen LogP contribution in [-0.4, -0.2) is 5.71 Å². The zero-order chi connectivity index (χ0) is 12.3. The van der Waals surface area contributed by atoms with Crippen LogP contribution in [0.1, 0.15) is 12.5 Å². The molecule has 0 saturated carbocycles. The molecule has 2 rings (SSSR count). The molecule has 0 fully saturated rings. The van der Waals surface area contributed by atoms with Crippen LogP contribution in [-0.2, 0) is 0 Å². The number of rotatable bonds is 2. The van der Waals surface area contributed by atoms with Crippen molar-refractivity contribution in [3.63, 3.8) is 0 Å². The van der Waals surface area contributed by atoms with Crippen LogP contribution < -0.4 is 0 Å². The molecule has 2 aromatic carbocycles. The first-order chi connectivity index (χ1) is 8.15. The zero-order valence-corrected chi connectivity index (χ0v) is 10.8. The van der Waals surface area contributed by atoms with Crippen molar-refractivity contribution < 1.29 is 0 Å². The van der Waals surface area contributed by atoms with E-state index in [0.717, 1.165) is 22.0 Å². The number of hydrogen-bond acceptors (Lipinski definition) is 1. The first-order valence-electron chi connectivity index (χ1n) is 5.22. The van der Waals surface area contributed by atoms with Crippen molar-refractivity contribution in [1.29, 1.82) is 0 Å². The Hall–Kier alpha value is -1.31. The van der Waals surface area contributed by atoms with E-state index >= 15 is 0 Å². The predicted octanol–water partition coefficient (Wildman–Crippen LogP) is 5.13. The molecule has 0 aliphatic carbocycles. The third-order valence-electron chi connectivity index (χ3n) is 2.39. The molecule has 0 heterocycles. The SMILES string of the molecule is CC(=Nc1ccc(Cl)cc1)c1ccc(Cl)cc1. The highest BCUT2D eigenvalue weighted by Gasteiger charge is 1.98. The summed E-state index contributed by atoms with van der Waals surface area (Å²) in [5.74, 6) is 0. The molecule has 0 saturated heterocycles. The summed E-state index contributed by atoms with van der Waals surface area (Å²) in [4.78, 5) is 4.51. The van der Waals surface area contributed by atoms with E-state index in [2.05, 4.69) is 4.99 Å². The third kappa shape index (κ3) is 3.32. The van der Waals surface area contributed by atoms with Gasteiger partial charge in [0.25, 0.3) is 0 Å². The topological polar surface area (TPSA) is 12.4 Å². The van der Waals surface area contributed by atoms with Crippen molar-refractivity contribution in [2.24, 2.45) is 4.99 Å². The van der Waals surface area contributed by atoms with Gasteiger partial charge >= 0.3 is 0 Å². The molecular weight excluding hydrogens is 253 g/mol. The minimum Gasteiger partial charge on any atom is -0.253 e. The fourth-order valence-corrected chi connectivity index (χ4v) is 1.72. The molecule has 3 heteroatoms. The maximum absolute atomic E-state index is 5.84. The molecule has 86 valence electrons. The lowest BCUT2D eigenvalue weighted by Crippen LogP contribution is -1.92. The van der Waals surface area contributed by atoms with Crippen LogP contribution in [0.25, 0.3) is 0 Å². The standard InChI is InChI=1S/C14H11Cl2N/c1-10(11-2-4-12(15)5-3-11)17-14-8-6-13(16)7-9-14/h2-9H,1H3. The molecule has 0 unspecified atom stereocenters. The van der Waals surface area contributed by atoms with E-state index in [4.69, 9.17) is 23.2 Å². The quantitative estimate of drug-likeness (QED) is 0.666. The highest BCUT2D eigenvalue weighted by atomic mass is 35.5. The van der Waals surface area contributed by atoms with Gasteiger partial charge in [-0.25, -0.2) is 0 Å². The van der Waals surface area contributed by atoms with Crippen molar-refractivity contribution in [1.82, 2.24) is 0 Å². The maximum Gasteiger partial charge on any atom is 0.0634 e. The summed E-state index contributed by atoms with van der Waals surface area (Å²) in [6.07, 6.45) is 0. The van der Waals surface area contributed by atoms with Gasteiger partial charge in [-0.05, 0) is 48.9 Å². The molecule has 0 amide bonds. The van der Waals surface area contributed by atoms with Gasteiger partial charge in [-0.15, -0.1) is 0 Å². The van der Waals surface area contributed by atoms with E-state index in [-0.39, 0.29) is 0 Å². The van der Waals surface area contributed by atoms with Gasteiger partial charge in [0.15, 0.2) is 0 Å². The second kappa shape index (κ2) is 5.35. The number of aliphatic imine (C=N–C) groups is 1. The smallest absolute Gasteiger partial charge is 0.0634 e. The van der Waals surface area contributed by atoms with E-state index in [1.54, 1.807) is 0 Å². The van der Waals surface area contributed by atoms with E-state index in [9.17, 15) is 0 Å². The van der Waals surface area contributed by atoms with Gasteiger partial charge in [-0.2, -0.15) is 0 Å². The first kappa shape index (κ1) is 12.2. The molecule has 17 heavy (non-hydrogen) atoms. The summed E-state index contributed by atoms with van der Waals surface area (Å²) >= 11 is 11.7. The normalized spacial score (nSPS) is 11.6. The Morgan fingerprint density at radius 2 is 1.29 bits per heavy atom. The van der Waals surface area contributed by atoms with Crippen LogP contribution in [0.5, 0.6) is 0 Å². The van der Waals surface area contributed by atoms with E-state index < -0.39 is 0 Å². The second-order valence-electron chi connectivity index (χ2n) is 3.68. The van der Waals surface area contributed by atoms with Gasteiger partial charge in [0, 0.05) is 15.8 Å². The van der Waals surface area contributed by atoms with Gasteiger partial charge in [-0.3, -0.25) is 4.99 Å². The highest BCUT2D eigenvalue weighted by molar-refractivity contribution is 6.31. The van der Waals surface area contributed by atoms with E-state index in [0.29, 0.717) is 5.02 Å². The van der Waals surface area contributed by atoms with Gasteiger partial charge in [0.05, 0.1) is 5.69 Å². The van der Waals surface area contributed by atoms with Gasteiger partial charge < -0.3 is 0 Å². The minimum atomic E-state index is 0.716. The zero-order valence-electron chi connectivity index (χ0n) is 9.32. The van der Waals surface area contributed by atoms with Crippen molar-refractivity contribution in [2.45, 2.75) is 6.92 Å². The summed E-state index contributed by atoms with van der Waals surface area (Å²) in [5, 5.41) is 1.45. The van der Waals surface area contributed by atoms with Crippen molar-refractivity contribution >= 4 is 34.6 Å². The molecule has 0 radical (unpaired) electrons. The average molecular weight is 264 g/mol. The Kier molecular flexibility index (Phi) is 3.82. The monoisotopic (exact) mass is 263 g/mol. The fourth-order valence-electron chi connectivity index (χ4n) is 1.46. The summed E-state index contributed by atoms with van der Waals surface area (Å²) in [6.45, 7) is 1.97. The van der Waals surface area contributed by atoms with E-state index in [1.807, 2.05) is 55.5 Å². The van der Waals surface area contributed by atoms with Gasteiger partial charge in [-0.1, -0.05) is 35.3 Å². The van der Waals surface area contributed by atoms with Gasteiger partial charge in [0.2, 0.25) is 0 Å².